The van der Waals surface area contributed by atoms with Crippen LogP contribution >= 0.6 is 0 Å². The summed E-state index contributed by atoms with van der Waals surface area (Å²) in [6.07, 6.45) is 3.32. The molecule has 1 aromatic rings. The van der Waals surface area contributed by atoms with Crippen molar-refractivity contribution in [3.63, 3.8) is 0 Å². The Morgan fingerprint density at radius 1 is 0.867 bits per heavy atom. The Morgan fingerprint density at radius 3 is 1.71 bits per heavy atom. The zero-order valence-corrected chi connectivity index (χ0v) is 25.4. The first kappa shape index (κ1) is 35.9. The molecule has 2 unspecified atom stereocenters. The molecule has 0 aromatic heterocycles. The number of carboxylic acid groups (broad SMARTS) is 4. The third-order valence-corrected chi connectivity index (χ3v) is 9.38. The van der Waals surface area contributed by atoms with Crippen LogP contribution in [0, 0.1) is 17.8 Å². The van der Waals surface area contributed by atoms with E-state index < -0.39 is 42.5 Å². The predicted molar refractivity (Wildman–Crippen MR) is 155 cm³/mol. The molecule has 1 heterocycles. The lowest BCUT2D eigenvalue weighted by Gasteiger charge is -2.57. The average Bonchev–Trinajstić information content (AvgIpc) is 2.98. The van der Waals surface area contributed by atoms with Crippen LogP contribution in [0.4, 0.5) is 0 Å². The number of piperazine rings is 1. The van der Waals surface area contributed by atoms with E-state index >= 15 is 0 Å². The standard InChI is InChI=1S/C23H33N2O2.C4H6O6.C4H6O4/c1-25(8-6-24-7-9-25)22(26)16-27-21-4-2-20(3-5-21)23-13-17-10-18(14-23)12-19(11-17)15-23;5-1(3(7)8)2(6)4(9)10;5-3(6)1-2-4(7)8/h2-5,17-19,24H,6-16H2,1H3;1-2,5-6H,(H,7,8)(H,9,10);1-2H2,(H,5,6)(H,7,8)/q+1;;/p-1. The number of aliphatic hydroxyl groups is 2. The molecular weight excluding hydrogens is 592 g/mol. The van der Waals surface area contributed by atoms with Gasteiger partial charge in [0, 0.05) is 19.1 Å². The third-order valence-electron chi connectivity index (χ3n) is 9.38. The molecule has 1 amide bonds. The molecule has 14 heteroatoms. The maximum Gasteiger partial charge on any atom is 0.351 e. The molecule has 45 heavy (non-hydrogen) atoms. The lowest BCUT2D eigenvalue weighted by atomic mass is 9.48. The number of carbonyl (C=O) groups excluding carboxylic acids is 2. The molecule has 1 aromatic carbocycles. The fourth-order valence-electron chi connectivity index (χ4n) is 7.29. The van der Waals surface area contributed by atoms with Crippen LogP contribution in [-0.4, -0.2) is 112 Å². The number of amides is 1. The van der Waals surface area contributed by atoms with Gasteiger partial charge in [0.05, 0.1) is 26.6 Å². The molecule has 0 spiro atoms. The van der Waals surface area contributed by atoms with Crippen molar-refractivity contribution in [1.82, 2.24) is 5.32 Å². The average molecular weight is 637 g/mol. The number of aliphatic carboxylic acids is 4. The van der Waals surface area contributed by atoms with Gasteiger partial charge < -0.3 is 45.5 Å². The van der Waals surface area contributed by atoms with Gasteiger partial charge in [0.25, 0.3) is 0 Å². The summed E-state index contributed by atoms with van der Waals surface area (Å²) in [5.74, 6) is -2.07. The molecule has 4 saturated carbocycles. The van der Waals surface area contributed by atoms with Crippen molar-refractivity contribution >= 4 is 29.8 Å². The molecule has 0 radical (unpaired) electrons. The van der Waals surface area contributed by atoms with Gasteiger partial charge in [-0.15, -0.1) is 0 Å². The summed E-state index contributed by atoms with van der Waals surface area (Å²) in [6, 6.07) is 8.76. The van der Waals surface area contributed by atoms with Crippen LogP contribution in [0.2, 0.25) is 0 Å². The van der Waals surface area contributed by atoms with Gasteiger partial charge in [0.2, 0.25) is 6.61 Å². The van der Waals surface area contributed by atoms with E-state index in [0.29, 0.717) is 9.90 Å². The molecular formula is C31H44N2O12. The van der Waals surface area contributed by atoms with Gasteiger partial charge in [0.15, 0.2) is 12.2 Å². The van der Waals surface area contributed by atoms with Gasteiger partial charge in [-0.1, -0.05) is 12.1 Å². The molecule has 4 bridgehead atoms. The number of quaternary nitrogens is 1. The van der Waals surface area contributed by atoms with Gasteiger partial charge in [-0.3, -0.25) is 9.28 Å². The minimum atomic E-state index is -2.27. The smallest absolute Gasteiger partial charge is 0.351 e. The first-order valence-corrected chi connectivity index (χ1v) is 15.2. The van der Waals surface area contributed by atoms with Crippen molar-refractivity contribution in [2.24, 2.45) is 17.8 Å². The Kier molecular flexibility index (Phi) is 12.4. The molecule has 1 aliphatic heterocycles. The number of carbonyl (C=O) groups is 5. The Hall–Kier alpha value is -3.59. The first-order valence-electron chi connectivity index (χ1n) is 15.2. The molecule has 6 rings (SSSR count). The van der Waals surface area contributed by atoms with Crippen LogP contribution in [0.25, 0.3) is 0 Å². The van der Waals surface area contributed by atoms with Crippen molar-refractivity contribution in [2.45, 2.75) is 69.0 Å². The van der Waals surface area contributed by atoms with E-state index in [1.807, 2.05) is 7.05 Å². The van der Waals surface area contributed by atoms with Crippen LogP contribution in [0.5, 0.6) is 5.75 Å². The summed E-state index contributed by atoms with van der Waals surface area (Å²) in [5, 5.41) is 53.2. The monoisotopic (exact) mass is 636 g/mol. The van der Waals surface area contributed by atoms with Crippen molar-refractivity contribution in [3.8, 4) is 5.75 Å². The molecule has 2 atom stereocenters. The maximum atomic E-state index is 12.6. The second kappa shape index (κ2) is 15.6. The van der Waals surface area contributed by atoms with E-state index in [1.165, 1.54) is 44.1 Å². The van der Waals surface area contributed by atoms with E-state index in [4.69, 9.17) is 30.3 Å². The quantitative estimate of drug-likeness (QED) is 0.180. The van der Waals surface area contributed by atoms with Crippen LogP contribution in [-0.2, 0) is 29.4 Å². The molecule has 4 aliphatic carbocycles. The highest BCUT2D eigenvalue weighted by atomic mass is 16.5. The number of aliphatic hydroxyl groups excluding tert-OH is 2. The molecule has 5 fully saturated rings. The molecule has 6 N–H and O–H groups in total. The topological polar surface area (TPSA) is 231 Å². The highest BCUT2D eigenvalue weighted by molar-refractivity contribution is 5.83. The third kappa shape index (κ3) is 9.95. The van der Waals surface area contributed by atoms with Crippen molar-refractivity contribution in [1.29, 1.82) is 0 Å². The van der Waals surface area contributed by atoms with E-state index in [-0.39, 0.29) is 18.9 Å². The van der Waals surface area contributed by atoms with Crippen molar-refractivity contribution in [3.05, 3.63) is 29.8 Å². The zero-order chi connectivity index (χ0) is 33.4. The van der Waals surface area contributed by atoms with E-state index in [2.05, 4.69) is 29.6 Å². The second-order valence-corrected chi connectivity index (χ2v) is 12.8. The summed E-state index contributed by atoms with van der Waals surface area (Å²) in [7, 11) is 2.03. The Morgan fingerprint density at radius 2 is 1.33 bits per heavy atom. The van der Waals surface area contributed by atoms with E-state index in [1.54, 1.807) is 0 Å². The molecule has 250 valence electrons. The normalized spacial score (nSPS) is 27.0. The van der Waals surface area contributed by atoms with E-state index in [9.17, 15) is 29.1 Å². The zero-order valence-electron chi connectivity index (χ0n) is 25.4. The molecule has 14 nitrogen and oxygen atoms in total. The van der Waals surface area contributed by atoms with Gasteiger partial charge in [-0.2, -0.15) is 0 Å². The van der Waals surface area contributed by atoms with Gasteiger partial charge in [0.1, 0.15) is 5.75 Å². The van der Waals surface area contributed by atoms with Crippen LogP contribution in [0.3, 0.4) is 0 Å². The number of nitrogens with one attached hydrogen (secondary N) is 1. The SMILES string of the molecule is C[N+]1(C(=O)COc2ccc(C34CC5CC(CC(C5)C3)C4)cc2)CCNCC1.O=C(O)C(O)C(O)C(=O)O.O=C([O-])CCC(=O)O. The number of carboxylic acids is 4. The molecule has 1 saturated heterocycles. The minimum Gasteiger partial charge on any atom is -0.550 e. The van der Waals surface area contributed by atoms with Gasteiger partial charge in [-0.25, -0.2) is 14.4 Å². The summed E-state index contributed by atoms with van der Waals surface area (Å²) < 4.78 is 6.36. The number of hydrogen-bond donors (Lipinski definition) is 6. The summed E-state index contributed by atoms with van der Waals surface area (Å²) in [4.78, 5) is 51.3. The lowest BCUT2D eigenvalue weighted by Crippen LogP contribution is -2.60. The van der Waals surface area contributed by atoms with Crippen LogP contribution < -0.4 is 15.2 Å². The fraction of sp³-hybridized carbons (Fsp3) is 0.645. The largest absolute Gasteiger partial charge is 0.550 e. The van der Waals surface area contributed by atoms with Gasteiger partial charge >= 0.3 is 23.8 Å². The number of benzene rings is 1. The van der Waals surface area contributed by atoms with Crippen LogP contribution in [0.15, 0.2) is 24.3 Å². The van der Waals surface area contributed by atoms with E-state index in [0.717, 1.165) is 49.7 Å². The predicted octanol–water partition coefficient (Wildman–Crippen LogP) is -0.412. The molecule has 5 aliphatic rings. The first-order chi connectivity index (χ1) is 21.1. The minimum absolute atomic E-state index is 0.174. The highest BCUT2D eigenvalue weighted by Crippen LogP contribution is 2.60. The van der Waals surface area contributed by atoms with Crippen molar-refractivity contribution in [2.75, 3.05) is 39.8 Å². The number of ether oxygens (including phenoxy) is 1. The van der Waals surface area contributed by atoms with Crippen LogP contribution in [0.1, 0.15) is 56.9 Å². The number of hydrogen-bond acceptors (Lipinski definition) is 10. The van der Waals surface area contributed by atoms with Crippen molar-refractivity contribution < 1.29 is 63.8 Å². The Labute approximate surface area is 261 Å². The Bertz CT molecular complexity index is 1140. The highest BCUT2D eigenvalue weighted by Gasteiger charge is 2.51. The lowest BCUT2D eigenvalue weighted by molar-refractivity contribution is -0.836. The fourth-order valence-corrected chi connectivity index (χ4v) is 7.29. The summed E-state index contributed by atoms with van der Waals surface area (Å²) in [6.45, 7) is 3.69. The Balaban J connectivity index is 0.000000255. The van der Waals surface area contributed by atoms with Gasteiger partial charge in [-0.05, 0) is 85.8 Å². The summed E-state index contributed by atoms with van der Waals surface area (Å²) >= 11 is 0. The maximum absolute atomic E-state index is 12.6. The second-order valence-electron chi connectivity index (χ2n) is 12.8. The summed E-state index contributed by atoms with van der Waals surface area (Å²) in [5.41, 5.74) is 1.95. The number of likely N-dealkylation sites (N-methyl/N-ethyl adjacent to an activating group) is 1. The number of nitrogens with zero attached hydrogens (tertiary/aromatic N) is 1. The number of rotatable bonds is 10.